The van der Waals surface area contributed by atoms with E-state index in [1.54, 1.807) is 24.3 Å². The van der Waals surface area contributed by atoms with E-state index in [9.17, 15) is 9.59 Å². The van der Waals surface area contributed by atoms with Gasteiger partial charge in [-0.2, -0.15) is 0 Å². The predicted octanol–water partition coefficient (Wildman–Crippen LogP) is 1.96. The maximum atomic E-state index is 12.3. The molecular formula is C14H15ClO5. The molecule has 5 nitrogen and oxygen atoms in total. The molecule has 0 saturated carbocycles. The molecule has 0 N–H and O–H groups in total. The average molecular weight is 299 g/mol. The van der Waals surface area contributed by atoms with Crippen LogP contribution in [0.1, 0.15) is 12.8 Å². The summed E-state index contributed by atoms with van der Waals surface area (Å²) in [5.74, 6) is -0.104. The Morgan fingerprint density at radius 1 is 1.40 bits per heavy atom. The first kappa shape index (κ1) is 14.7. The third-order valence-corrected chi connectivity index (χ3v) is 3.39. The zero-order chi connectivity index (χ0) is 14.6. The van der Waals surface area contributed by atoms with Crippen LogP contribution in [0.3, 0.4) is 0 Å². The van der Waals surface area contributed by atoms with Crippen LogP contribution in [0.25, 0.3) is 0 Å². The number of halogens is 1. The molecule has 0 saturated heterocycles. The number of carbonyl (C=O) groups is 2. The van der Waals surface area contributed by atoms with Gasteiger partial charge in [0, 0.05) is 12.3 Å². The number of hydrogen-bond acceptors (Lipinski definition) is 5. The Hall–Kier alpha value is -1.75. The highest BCUT2D eigenvalue weighted by Gasteiger charge is 2.50. The van der Waals surface area contributed by atoms with E-state index in [4.69, 9.17) is 25.8 Å². The Balaban J connectivity index is 2.42. The van der Waals surface area contributed by atoms with Crippen molar-refractivity contribution in [3.63, 3.8) is 0 Å². The summed E-state index contributed by atoms with van der Waals surface area (Å²) in [6, 6.07) is 6.82. The average Bonchev–Trinajstić information content (AvgIpc) is 2.62. The van der Waals surface area contributed by atoms with Crippen LogP contribution in [0.15, 0.2) is 24.3 Å². The molecule has 0 amide bonds. The maximum absolute atomic E-state index is 12.3. The van der Waals surface area contributed by atoms with Crippen molar-refractivity contribution in [3.8, 4) is 11.5 Å². The van der Waals surface area contributed by atoms with E-state index in [2.05, 4.69) is 0 Å². The molecule has 0 aliphatic carbocycles. The number of hydrogen-bond donors (Lipinski definition) is 0. The number of benzene rings is 1. The quantitative estimate of drug-likeness (QED) is 0.483. The lowest BCUT2D eigenvalue weighted by Gasteiger charge is -2.27. The second-order valence-electron chi connectivity index (χ2n) is 4.37. The number of para-hydroxylation sites is 2. The number of Topliss-reactive ketones (excluding diaryl/α,β-unsaturated/α-hetero) is 1. The number of esters is 1. The van der Waals surface area contributed by atoms with Gasteiger partial charge in [-0.1, -0.05) is 12.1 Å². The molecule has 1 unspecified atom stereocenters. The van der Waals surface area contributed by atoms with E-state index in [0.717, 1.165) is 0 Å². The number of alkyl halides is 1. The Bertz CT molecular complexity index is 516. The van der Waals surface area contributed by atoms with Crippen LogP contribution >= 0.6 is 11.6 Å². The van der Waals surface area contributed by atoms with E-state index in [1.807, 2.05) is 0 Å². The molecule has 6 heteroatoms. The number of rotatable bonds is 4. The number of carbonyl (C=O) groups excluding carboxylic acids is 2. The third kappa shape index (κ3) is 2.58. The molecule has 0 bridgehead atoms. The molecule has 2 rings (SSSR count). The summed E-state index contributed by atoms with van der Waals surface area (Å²) in [5.41, 5.74) is -1.68. The van der Waals surface area contributed by atoms with Crippen molar-refractivity contribution in [2.45, 2.75) is 18.4 Å². The van der Waals surface area contributed by atoms with Gasteiger partial charge in [0.2, 0.25) is 5.78 Å². The van der Waals surface area contributed by atoms with Crippen molar-refractivity contribution in [2.75, 3.05) is 19.6 Å². The van der Waals surface area contributed by atoms with Gasteiger partial charge < -0.3 is 14.2 Å². The molecule has 1 aromatic carbocycles. The van der Waals surface area contributed by atoms with Crippen molar-refractivity contribution in [3.05, 3.63) is 24.3 Å². The summed E-state index contributed by atoms with van der Waals surface area (Å²) in [4.78, 5) is 24.4. The van der Waals surface area contributed by atoms with Crippen LogP contribution in [0.4, 0.5) is 0 Å². The van der Waals surface area contributed by atoms with E-state index in [0.29, 0.717) is 23.8 Å². The highest BCUT2D eigenvalue weighted by Crippen LogP contribution is 2.35. The van der Waals surface area contributed by atoms with Gasteiger partial charge in [-0.15, -0.1) is 11.6 Å². The van der Waals surface area contributed by atoms with Gasteiger partial charge in [0.15, 0.2) is 18.1 Å². The fraction of sp³-hybridized carbons (Fsp3) is 0.429. The predicted molar refractivity (Wildman–Crippen MR) is 72.3 cm³/mol. The number of methoxy groups -OCH3 is 1. The number of ketones is 1. The molecule has 0 radical (unpaired) electrons. The molecule has 1 aliphatic heterocycles. The molecule has 0 fully saturated rings. The first-order chi connectivity index (χ1) is 9.64. The Kier molecular flexibility index (Phi) is 4.49. The second-order valence-corrected chi connectivity index (χ2v) is 4.75. The van der Waals surface area contributed by atoms with Crippen molar-refractivity contribution in [2.24, 2.45) is 0 Å². The van der Waals surface area contributed by atoms with Crippen LogP contribution in [0, 0.1) is 0 Å². The second kappa shape index (κ2) is 6.13. The van der Waals surface area contributed by atoms with Crippen LogP contribution in [0.2, 0.25) is 0 Å². The van der Waals surface area contributed by atoms with E-state index >= 15 is 0 Å². The van der Waals surface area contributed by atoms with Crippen LogP contribution < -0.4 is 9.47 Å². The normalized spacial score (nSPS) is 21.2. The lowest BCUT2D eigenvalue weighted by molar-refractivity contribution is -0.165. The lowest BCUT2D eigenvalue weighted by Crippen LogP contribution is -2.53. The summed E-state index contributed by atoms with van der Waals surface area (Å²) in [6.45, 7) is -0.242. The minimum atomic E-state index is -1.68. The van der Waals surface area contributed by atoms with Crippen molar-refractivity contribution < 1.29 is 23.8 Å². The summed E-state index contributed by atoms with van der Waals surface area (Å²) in [5, 5.41) is 0. The topological polar surface area (TPSA) is 61.8 Å². The lowest BCUT2D eigenvalue weighted by atomic mass is 9.92. The molecule has 1 aliphatic rings. The van der Waals surface area contributed by atoms with E-state index in [-0.39, 0.29) is 13.0 Å². The highest BCUT2D eigenvalue weighted by molar-refractivity contribution is 6.18. The molecule has 0 aromatic heterocycles. The van der Waals surface area contributed by atoms with Gasteiger partial charge in [-0.05, 0) is 18.6 Å². The van der Waals surface area contributed by atoms with Gasteiger partial charge in [0.05, 0.1) is 7.11 Å². The van der Waals surface area contributed by atoms with E-state index in [1.165, 1.54) is 7.11 Å². The molecule has 20 heavy (non-hydrogen) atoms. The summed E-state index contributed by atoms with van der Waals surface area (Å²) >= 11 is 5.67. The minimum Gasteiger partial charge on any atom is -0.482 e. The van der Waals surface area contributed by atoms with Crippen molar-refractivity contribution in [1.29, 1.82) is 0 Å². The van der Waals surface area contributed by atoms with Crippen molar-refractivity contribution >= 4 is 23.4 Å². The Labute approximate surface area is 121 Å². The Morgan fingerprint density at radius 2 is 2.10 bits per heavy atom. The molecule has 1 aromatic rings. The highest BCUT2D eigenvalue weighted by atomic mass is 35.5. The summed E-state index contributed by atoms with van der Waals surface area (Å²) < 4.78 is 15.8. The first-order valence-corrected chi connectivity index (χ1v) is 6.76. The first-order valence-electron chi connectivity index (χ1n) is 6.22. The van der Waals surface area contributed by atoms with Gasteiger partial charge in [0.25, 0.3) is 5.60 Å². The molecule has 1 heterocycles. The van der Waals surface area contributed by atoms with Gasteiger partial charge in [0.1, 0.15) is 0 Å². The van der Waals surface area contributed by atoms with Gasteiger partial charge >= 0.3 is 5.97 Å². The number of ether oxygens (including phenoxy) is 3. The van der Waals surface area contributed by atoms with Crippen molar-refractivity contribution in [1.82, 2.24) is 0 Å². The van der Waals surface area contributed by atoms with Crippen LogP contribution in [0.5, 0.6) is 11.5 Å². The van der Waals surface area contributed by atoms with Gasteiger partial charge in [-0.3, -0.25) is 4.79 Å². The SMILES string of the molecule is COC(=O)C1(CCCCl)Oc2ccccc2OCC1=O. The monoisotopic (exact) mass is 298 g/mol. The summed E-state index contributed by atoms with van der Waals surface area (Å²) in [7, 11) is 1.22. The molecule has 1 atom stereocenters. The molecular weight excluding hydrogens is 284 g/mol. The van der Waals surface area contributed by atoms with Crippen LogP contribution in [-0.2, 0) is 14.3 Å². The Morgan fingerprint density at radius 3 is 2.75 bits per heavy atom. The van der Waals surface area contributed by atoms with E-state index < -0.39 is 17.4 Å². The standard InChI is InChI=1S/C14H15ClO5/c1-18-13(17)14(7-4-8-15)12(16)9-19-10-5-2-3-6-11(10)20-14/h2-3,5-6H,4,7-9H2,1H3. The number of fused-ring (bicyclic) bond motifs is 1. The largest absolute Gasteiger partial charge is 0.482 e. The maximum Gasteiger partial charge on any atom is 0.358 e. The smallest absolute Gasteiger partial charge is 0.358 e. The summed E-state index contributed by atoms with van der Waals surface area (Å²) in [6.07, 6.45) is 0.601. The molecule has 0 spiro atoms. The minimum absolute atomic E-state index is 0.152. The zero-order valence-electron chi connectivity index (χ0n) is 11.1. The third-order valence-electron chi connectivity index (χ3n) is 3.12. The zero-order valence-corrected chi connectivity index (χ0v) is 11.8. The van der Waals surface area contributed by atoms with Crippen LogP contribution in [-0.4, -0.2) is 37.0 Å². The fourth-order valence-corrected chi connectivity index (χ4v) is 2.22. The molecule has 108 valence electrons. The van der Waals surface area contributed by atoms with Gasteiger partial charge in [-0.25, -0.2) is 4.79 Å². The fourth-order valence-electron chi connectivity index (χ4n) is 2.09.